The van der Waals surface area contributed by atoms with Crippen LogP contribution in [0.1, 0.15) is 30.6 Å². The third kappa shape index (κ3) is 3.18. The summed E-state index contributed by atoms with van der Waals surface area (Å²) in [6, 6.07) is 6.49. The molecule has 0 spiro atoms. The van der Waals surface area contributed by atoms with Crippen molar-refractivity contribution in [2.75, 3.05) is 0 Å². The third-order valence-corrected chi connectivity index (χ3v) is 3.68. The van der Waals surface area contributed by atoms with Crippen molar-refractivity contribution in [3.05, 3.63) is 42.2 Å². The minimum absolute atomic E-state index is 0.144. The second kappa shape index (κ2) is 6.35. The van der Waals surface area contributed by atoms with E-state index in [0.717, 1.165) is 10.8 Å². The second-order valence-electron chi connectivity index (χ2n) is 5.08. The first-order chi connectivity index (χ1) is 10.0. The number of benzene rings is 1. The summed E-state index contributed by atoms with van der Waals surface area (Å²) in [5, 5.41) is 13.5. The fourth-order valence-electron chi connectivity index (χ4n) is 2.20. The van der Waals surface area contributed by atoms with Crippen LogP contribution in [0.3, 0.4) is 0 Å². The van der Waals surface area contributed by atoms with Crippen LogP contribution in [0.15, 0.2) is 36.7 Å². The van der Waals surface area contributed by atoms with Crippen molar-refractivity contribution in [1.29, 1.82) is 0 Å². The highest BCUT2D eigenvalue weighted by atomic mass is 16.4. The van der Waals surface area contributed by atoms with Crippen LogP contribution in [0.2, 0.25) is 0 Å². The molecule has 0 aliphatic heterocycles. The number of aliphatic carboxylic acids is 1. The predicted octanol–water partition coefficient (Wildman–Crippen LogP) is 2.46. The highest BCUT2D eigenvalue weighted by Crippen LogP contribution is 2.17. The number of fused-ring (bicyclic) bond motifs is 1. The molecule has 0 radical (unpaired) electrons. The molecule has 0 aliphatic carbocycles. The number of rotatable bonds is 5. The lowest BCUT2D eigenvalue weighted by Crippen LogP contribution is -2.45. The summed E-state index contributed by atoms with van der Waals surface area (Å²) < 4.78 is 0. The number of nitrogens with one attached hydrogen (secondary N) is 1. The highest BCUT2D eigenvalue weighted by molar-refractivity contribution is 6.07. The van der Waals surface area contributed by atoms with Gasteiger partial charge in [-0.05, 0) is 11.3 Å². The van der Waals surface area contributed by atoms with Gasteiger partial charge in [-0.2, -0.15) is 0 Å². The van der Waals surface area contributed by atoms with Crippen LogP contribution in [0.25, 0.3) is 10.8 Å². The molecule has 2 atom stereocenters. The van der Waals surface area contributed by atoms with Crippen molar-refractivity contribution in [3.63, 3.8) is 0 Å². The smallest absolute Gasteiger partial charge is 0.326 e. The van der Waals surface area contributed by atoms with Crippen LogP contribution >= 0.6 is 0 Å². The molecule has 0 saturated heterocycles. The molecular weight excluding hydrogens is 268 g/mol. The number of hydrogen-bond donors (Lipinski definition) is 2. The van der Waals surface area contributed by atoms with Gasteiger partial charge in [-0.25, -0.2) is 4.79 Å². The molecule has 21 heavy (non-hydrogen) atoms. The Kier molecular flexibility index (Phi) is 4.52. The van der Waals surface area contributed by atoms with Crippen molar-refractivity contribution < 1.29 is 14.7 Å². The van der Waals surface area contributed by atoms with Gasteiger partial charge in [0.2, 0.25) is 0 Å². The Bertz CT molecular complexity index is 664. The lowest BCUT2D eigenvalue weighted by atomic mass is 9.98. The predicted molar refractivity (Wildman–Crippen MR) is 80.1 cm³/mol. The van der Waals surface area contributed by atoms with Crippen LogP contribution < -0.4 is 5.32 Å². The summed E-state index contributed by atoms with van der Waals surface area (Å²) in [6.45, 7) is 3.70. The Morgan fingerprint density at radius 1 is 1.29 bits per heavy atom. The van der Waals surface area contributed by atoms with E-state index >= 15 is 0 Å². The maximum absolute atomic E-state index is 12.4. The first-order valence-electron chi connectivity index (χ1n) is 6.91. The third-order valence-electron chi connectivity index (χ3n) is 3.68. The number of aromatic nitrogens is 1. The van der Waals surface area contributed by atoms with Gasteiger partial charge in [-0.15, -0.1) is 0 Å². The van der Waals surface area contributed by atoms with E-state index in [1.807, 2.05) is 31.2 Å². The number of pyridine rings is 1. The zero-order chi connectivity index (χ0) is 15.4. The number of carboxylic acid groups (broad SMARTS) is 1. The van der Waals surface area contributed by atoms with Gasteiger partial charge in [0, 0.05) is 17.8 Å². The van der Waals surface area contributed by atoms with Gasteiger partial charge in [0.1, 0.15) is 6.04 Å². The van der Waals surface area contributed by atoms with Crippen molar-refractivity contribution in [2.24, 2.45) is 5.92 Å². The van der Waals surface area contributed by atoms with Gasteiger partial charge >= 0.3 is 5.97 Å². The standard InChI is InChI=1S/C16H18N2O3/c1-3-10(2)14(16(20)21)18-15(19)13-9-17-8-11-6-4-5-7-12(11)13/h4-10,14H,3H2,1-2H3,(H,18,19)(H,20,21). The van der Waals surface area contributed by atoms with E-state index in [1.54, 1.807) is 13.1 Å². The van der Waals surface area contributed by atoms with E-state index in [0.29, 0.717) is 12.0 Å². The summed E-state index contributed by atoms with van der Waals surface area (Å²) in [6.07, 6.45) is 3.81. The molecule has 2 rings (SSSR count). The molecule has 0 bridgehead atoms. The molecule has 5 nitrogen and oxygen atoms in total. The topological polar surface area (TPSA) is 79.3 Å². The molecule has 1 heterocycles. The van der Waals surface area contributed by atoms with Crippen LogP contribution in [0.4, 0.5) is 0 Å². The summed E-state index contributed by atoms with van der Waals surface area (Å²) in [5.74, 6) is -1.58. The number of carbonyl (C=O) groups excluding carboxylic acids is 1. The molecule has 1 amide bonds. The van der Waals surface area contributed by atoms with Gasteiger partial charge in [0.15, 0.2) is 0 Å². The number of nitrogens with zero attached hydrogens (tertiary/aromatic N) is 1. The van der Waals surface area contributed by atoms with Crippen LogP contribution in [0.5, 0.6) is 0 Å². The van der Waals surface area contributed by atoms with E-state index < -0.39 is 17.9 Å². The summed E-state index contributed by atoms with van der Waals surface area (Å²) in [5.41, 5.74) is 0.391. The lowest BCUT2D eigenvalue weighted by molar-refractivity contribution is -0.140. The average Bonchev–Trinajstić information content (AvgIpc) is 2.50. The molecule has 2 N–H and O–H groups in total. The quantitative estimate of drug-likeness (QED) is 0.885. The summed E-state index contributed by atoms with van der Waals surface area (Å²) >= 11 is 0. The van der Waals surface area contributed by atoms with E-state index in [1.165, 1.54) is 6.20 Å². The highest BCUT2D eigenvalue weighted by Gasteiger charge is 2.26. The number of amides is 1. The molecule has 2 aromatic rings. The molecule has 110 valence electrons. The van der Waals surface area contributed by atoms with E-state index in [-0.39, 0.29) is 5.92 Å². The summed E-state index contributed by atoms with van der Waals surface area (Å²) in [7, 11) is 0. The largest absolute Gasteiger partial charge is 0.480 e. The van der Waals surface area contributed by atoms with Crippen molar-refractivity contribution in [1.82, 2.24) is 10.3 Å². The molecule has 0 saturated carbocycles. The Morgan fingerprint density at radius 3 is 2.67 bits per heavy atom. The van der Waals surface area contributed by atoms with Crippen LogP contribution in [-0.4, -0.2) is 28.0 Å². The fraction of sp³-hybridized carbons (Fsp3) is 0.312. The van der Waals surface area contributed by atoms with Crippen LogP contribution in [0, 0.1) is 5.92 Å². The molecule has 0 aliphatic rings. The summed E-state index contributed by atoms with van der Waals surface area (Å²) in [4.78, 5) is 27.7. The Labute approximate surface area is 123 Å². The van der Waals surface area contributed by atoms with Crippen molar-refractivity contribution in [2.45, 2.75) is 26.3 Å². The van der Waals surface area contributed by atoms with Gasteiger partial charge in [0.05, 0.1) is 5.56 Å². The Balaban J connectivity index is 2.32. The van der Waals surface area contributed by atoms with Gasteiger partial charge in [-0.3, -0.25) is 9.78 Å². The Morgan fingerprint density at radius 2 is 2.00 bits per heavy atom. The van der Waals surface area contributed by atoms with E-state index in [4.69, 9.17) is 0 Å². The second-order valence-corrected chi connectivity index (χ2v) is 5.08. The first-order valence-corrected chi connectivity index (χ1v) is 6.91. The molecular formula is C16H18N2O3. The maximum atomic E-state index is 12.4. The maximum Gasteiger partial charge on any atom is 0.326 e. The molecule has 1 aromatic carbocycles. The average molecular weight is 286 g/mol. The van der Waals surface area contributed by atoms with E-state index in [9.17, 15) is 14.7 Å². The van der Waals surface area contributed by atoms with Crippen molar-refractivity contribution in [3.8, 4) is 0 Å². The van der Waals surface area contributed by atoms with Gasteiger partial charge in [-0.1, -0.05) is 44.5 Å². The zero-order valence-electron chi connectivity index (χ0n) is 12.0. The van der Waals surface area contributed by atoms with Crippen LogP contribution in [-0.2, 0) is 4.79 Å². The molecule has 0 fully saturated rings. The van der Waals surface area contributed by atoms with Gasteiger partial charge in [0.25, 0.3) is 5.91 Å². The van der Waals surface area contributed by atoms with E-state index in [2.05, 4.69) is 10.3 Å². The molecule has 5 heteroatoms. The SMILES string of the molecule is CCC(C)C(NC(=O)c1cncc2ccccc12)C(=O)O. The lowest BCUT2D eigenvalue weighted by Gasteiger charge is -2.20. The fourth-order valence-corrected chi connectivity index (χ4v) is 2.20. The number of carboxylic acids is 1. The minimum atomic E-state index is -1.02. The number of carbonyl (C=O) groups is 2. The molecule has 2 unspecified atom stereocenters. The number of hydrogen-bond acceptors (Lipinski definition) is 3. The molecule has 1 aromatic heterocycles. The zero-order valence-corrected chi connectivity index (χ0v) is 12.0. The first kappa shape index (κ1) is 15.0. The van der Waals surface area contributed by atoms with Gasteiger partial charge < -0.3 is 10.4 Å². The monoisotopic (exact) mass is 286 g/mol. The van der Waals surface area contributed by atoms with Crippen molar-refractivity contribution >= 4 is 22.6 Å². The minimum Gasteiger partial charge on any atom is -0.480 e. The normalized spacial score (nSPS) is 13.6. The Hall–Kier alpha value is -2.43.